The second-order valence-electron chi connectivity index (χ2n) is 5.23. The van der Waals surface area contributed by atoms with Gasteiger partial charge in [-0.05, 0) is 24.7 Å². The van der Waals surface area contributed by atoms with E-state index in [0.29, 0.717) is 6.42 Å². The van der Waals surface area contributed by atoms with Crippen LogP contribution in [0.3, 0.4) is 0 Å². The van der Waals surface area contributed by atoms with Gasteiger partial charge in [0.25, 0.3) is 0 Å². The molecule has 0 spiro atoms. The van der Waals surface area contributed by atoms with Crippen LogP contribution in [0, 0.1) is 24.2 Å². The van der Waals surface area contributed by atoms with Gasteiger partial charge in [0.1, 0.15) is 0 Å². The minimum Gasteiger partial charge on any atom is -0.355 e. The zero-order valence-corrected chi connectivity index (χ0v) is 10.7. The summed E-state index contributed by atoms with van der Waals surface area (Å²) >= 11 is 0. The highest BCUT2D eigenvalue weighted by atomic mass is 16.2. The number of carbonyl (C=O) groups is 1. The maximum absolute atomic E-state index is 11.5. The largest absolute Gasteiger partial charge is 0.355 e. The van der Waals surface area contributed by atoms with Crippen LogP contribution in [0.2, 0.25) is 0 Å². The first-order chi connectivity index (χ1) is 8.13. The standard InChI is InChI=1S/C14H24N2O/c1-3-5-13(15)14(17)16-9-8-12-7-4-6-11(2)10-12/h1,11-13H,4-10,15H2,2H3,(H,16,17). The molecule has 1 saturated carbocycles. The fourth-order valence-corrected chi connectivity index (χ4v) is 2.57. The van der Waals surface area contributed by atoms with Crippen molar-refractivity contribution in [2.75, 3.05) is 6.54 Å². The number of terminal acetylenes is 1. The van der Waals surface area contributed by atoms with Gasteiger partial charge in [-0.2, -0.15) is 0 Å². The molecule has 0 heterocycles. The smallest absolute Gasteiger partial charge is 0.237 e. The molecule has 0 radical (unpaired) electrons. The third-order valence-electron chi connectivity index (χ3n) is 3.57. The van der Waals surface area contributed by atoms with Crippen LogP contribution in [0.5, 0.6) is 0 Å². The Morgan fingerprint density at radius 1 is 1.59 bits per heavy atom. The van der Waals surface area contributed by atoms with Crippen LogP contribution in [0.4, 0.5) is 0 Å². The Kier molecular flexibility index (Phi) is 6.07. The summed E-state index contributed by atoms with van der Waals surface area (Å²) in [5, 5.41) is 2.87. The summed E-state index contributed by atoms with van der Waals surface area (Å²) in [6.45, 7) is 3.04. The molecule has 3 unspecified atom stereocenters. The van der Waals surface area contributed by atoms with Crippen LogP contribution >= 0.6 is 0 Å². The molecule has 17 heavy (non-hydrogen) atoms. The molecule has 3 heteroatoms. The first-order valence-electron chi connectivity index (χ1n) is 6.60. The van der Waals surface area contributed by atoms with Crippen molar-refractivity contribution in [3.63, 3.8) is 0 Å². The lowest BCUT2D eigenvalue weighted by Gasteiger charge is -2.26. The Hall–Kier alpha value is -1.01. The predicted octanol–water partition coefficient (Wildman–Crippen LogP) is 1.67. The van der Waals surface area contributed by atoms with Crippen LogP contribution in [0.15, 0.2) is 0 Å². The van der Waals surface area contributed by atoms with Crippen LogP contribution in [0.1, 0.15) is 45.4 Å². The number of amides is 1. The van der Waals surface area contributed by atoms with E-state index in [2.05, 4.69) is 18.2 Å². The van der Waals surface area contributed by atoms with E-state index in [1.54, 1.807) is 0 Å². The van der Waals surface area contributed by atoms with Crippen LogP contribution in [0.25, 0.3) is 0 Å². The van der Waals surface area contributed by atoms with E-state index in [0.717, 1.165) is 24.8 Å². The second-order valence-corrected chi connectivity index (χ2v) is 5.23. The molecule has 1 aliphatic rings. The van der Waals surface area contributed by atoms with Crippen molar-refractivity contribution in [1.82, 2.24) is 5.32 Å². The third-order valence-corrected chi connectivity index (χ3v) is 3.57. The van der Waals surface area contributed by atoms with Gasteiger partial charge in [0.05, 0.1) is 6.04 Å². The molecule has 1 amide bonds. The molecule has 1 aliphatic carbocycles. The summed E-state index contributed by atoms with van der Waals surface area (Å²) in [6, 6.07) is -0.551. The average molecular weight is 236 g/mol. The minimum atomic E-state index is -0.551. The number of nitrogens with two attached hydrogens (primary N) is 1. The highest BCUT2D eigenvalue weighted by Crippen LogP contribution is 2.30. The molecule has 3 nitrogen and oxygen atoms in total. The van der Waals surface area contributed by atoms with E-state index in [9.17, 15) is 4.79 Å². The Bertz CT molecular complexity index is 282. The van der Waals surface area contributed by atoms with Crippen molar-refractivity contribution in [3.8, 4) is 12.3 Å². The summed E-state index contributed by atoms with van der Waals surface area (Å²) < 4.78 is 0. The van der Waals surface area contributed by atoms with Gasteiger partial charge in [-0.25, -0.2) is 0 Å². The van der Waals surface area contributed by atoms with E-state index < -0.39 is 6.04 Å². The molecule has 1 rings (SSSR count). The Balaban J connectivity index is 2.15. The van der Waals surface area contributed by atoms with Crippen LogP contribution in [-0.4, -0.2) is 18.5 Å². The molecule has 0 saturated heterocycles. The van der Waals surface area contributed by atoms with Gasteiger partial charge in [0.2, 0.25) is 5.91 Å². The summed E-state index contributed by atoms with van der Waals surface area (Å²) in [4.78, 5) is 11.5. The van der Waals surface area contributed by atoms with E-state index >= 15 is 0 Å². The normalized spacial score (nSPS) is 25.9. The first kappa shape index (κ1) is 14.1. The zero-order chi connectivity index (χ0) is 12.7. The molecule has 3 atom stereocenters. The van der Waals surface area contributed by atoms with Gasteiger partial charge in [0, 0.05) is 13.0 Å². The van der Waals surface area contributed by atoms with Gasteiger partial charge in [-0.15, -0.1) is 12.3 Å². The molecule has 0 aromatic rings. The molecule has 3 N–H and O–H groups in total. The number of nitrogens with one attached hydrogen (secondary N) is 1. The topological polar surface area (TPSA) is 55.1 Å². The molecule has 96 valence electrons. The molecular weight excluding hydrogens is 212 g/mol. The van der Waals surface area contributed by atoms with Gasteiger partial charge in [-0.3, -0.25) is 4.79 Å². The van der Waals surface area contributed by atoms with Crippen molar-refractivity contribution >= 4 is 5.91 Å². The Morgan fingerprint density at radius 3 is 3.00 bits per heavy atom. The molecule has 1 fully saturated rings. The van der Waals surface area contributed by atoms with Crippen molar-refractivity contribution in [1.29, 1.82) is 0 Å². The van der Waals surface area contributed by atoms with E-state index in [1.807, 2.05) is 0 Å². The molecule has 0 aromatic carbocycles. The van der Waals surface area contributed by atoms with Crippen molar-refractivity contribution < 1.29 is 4.79 Å². The average Bonchev–Trinajstić information content (AvgIpc) is 2.29. The fraction of sp³-hybridized carbons (Fsp3) is 0.786. The van der Waals surface area contributed by atoms with Gasteiger partial charge >= 0.3 is 0 Å². The first-order valence-corrected chi connectivity index (χ1v) is 6.60. The lowest BCUT2D eigenvalue weighted by molar-refractivity contribution is -0.122. The zero-order valence-electron chi connectivity index (χ0n) is 10.7. The van der Waals surface area contributed by atoms with Crippen molar-refractivity contribution in [3.05, 3.63) is 0 Å². The van der Waals surface area contributed by atoms with Gasteiger partial charge in [0.15, 0.2) is 0 Å². The number of hydrogen-bond acceptors (Lipinski definition) is 2. The fourth-order valence-electron chi connectivity index (χ4n) is 2.57. The maximum Gasteiger partial charge on any atom is 0.237 e. The summed E-state index contributed by atoms with van der Waals surface area (Å²) in [5.74, 6) is 3.90. The monoisotopic (exact) mass is 236 g/mol. The van der Waals surface area contributed by atoms with Crippen LogP contribution < -0.4 is 11.1 Å². The number of carbonyl (C=O) groups excluding carboxylic acids is 1. The second kappa shape index (κ2) is 7.34. The number of rotatable bonds is 5. The number of hydrogen-bond donors (Lipinski definition) is 2. The maximum atomic E-state index is 11.5. The molecule has 0 aliphatic heterocycles. The highest BCUT2D eigenvalue weighted by Gasteiger charge is 2.19. The molecule has 0 bridgehead atoms. The summed E-state index contributed by atoms with van der Waals surface area (Å²) in [6.07, 6.45) is 11.8. The predicted molar refractivity (Wildman–Crippen MR) is 70.2 cm³/mol. The molecule has 0 aromatic heterocycles. The highest BCUT2D eigenvalue weighted by molar-refractivity contribution is 5.81. The van der Waals surface area contributed by atoms with Crippen molar-refractivity contribution in [2.24, 2.45) is 17.6 Å². The molecular formula is C14H24N2O. The summed E-state index contributed by atoms with van der Waals surface area (Å²) in [5.41, 5.74) is 5.61. The summed E-state index contributed by atoms with van der Waals surface area (Å²) in [7, 11) is 0. The third kappa shape index (κ3) is 5.23. The lowest BCUT2D eigenvalue weighted by atomic mass is 9.81. The Labute approximate surface area is 105 Å². The van der Waals surface area contributed by atoms with E-state index in [4.69, 9.17) is 12.2 Å². The van der Waals surface area contributed by atoms with Crippen molar-refractivity contribution in [2.45, 2.75) is 51.5 Å². The van der Waals surface area contributed by atoms with Gasteiger partial charge in [-0.1, -0.05) is 26.2 Å². The quantitative estimate of drug-likeness (QED) is 0.713. The van der Waals surface area contributed by atoms with E-state index in [-0.39, 0.29) is 5.91 Å². The van der Waals surface area contributed by atoms with E-state index in [1.165, 1.54) is 25.7 Å². The van der Waals surface area contributed by atoms with Crippen LogP contribution in [-0.2, 0) is 4.79 Å². The Morgan fingerprint density at radius 2 is 2.35 bits per heavy atom. The lowest BCUT2D eigenvalue weighted by Crippen LogP contribution is -2.41. The van der Waals surface area contributed by atoms with Gasteiger partial charge < -0.3 is 11.1 Å². The SMILES string of the molecule is C#CCC(N)C(=O)NCCC1CCCC(C)C1. The minimum absolute atomic E-state index is 0.119.